The quantitative estimate of drug-likeness (QED) is 0.203. The van der Waals surface area contributed by atoms with Gasteiger partial charge < -0.3 is 16.5 Å². The first-order valence-corrected chi connectivity index (χ1v) is 12.5. The number of thiocarbonyl (C=S) groups is 1. The molecule has 3 nitrogen and oxygen atoms in total. The van der Waals surface area contributed by atoms with Crippen molar-refractivity contribution < 1.29 is 0 Å². The van der Waals surface area contributed by atoms with Crippen LogP contribution in [0.15, 0.2) is 82.2 Å². The highest BCUT2D eigenvalue weighted by molar-refractivity contribution is 7.80. The topological polar surface area (TPSA) is 67.8 Å². The second kappa shape index (κ2) is 11.1. The molecule has 0 aliphatic heterocycles. The Kier molecular flexibility index (Phi) is 8.21. The lowest BCUT2D eigenvalue weighted by molar-refractivity contribution is 1.60. The molecular weight excluding hydrogens is 455 g/mol. The van der Waals surface area contributed by atoms with Crippen molar-refractivity contribution in [2.75, 3.05) is 0 Å². The van der Waals surface area contributed by atoms with Crippen LogP contribution in [0.2, 0.25) is 0 Å². The van der Waals surface area contributed by atoms with Crippen LogP contribution in [-0.4, -0.2) is 10.1 Å². The highest BCUT2D eigenvalue weighted by Gasteiger charge is 2.04. The van der Waals surface area contributed by atoms with E-state index in [2.05, 4.69) is 74.5 Å². The highest BCUT2D eigenvalue weighted by Crippen LogP contribution is 2.32. The largest absolute Gasteiger partial charge is 0.377 e. The molecule has 0 bridgehead atoms. The fraction of sp³-hybridized carbons (Fsp3) is 0. The number of rotatable bonds is 0. The summed E-state index contributed by atoms with van der Waals surface area (Å²) in [6.45, 7) is 0. The summed E-state index contributed by atoms with van der Waals surface area (Å²) < 4.78 is 4.21. The SMILES string of the molecule is NC(N)=S.c1cc2c([nH]c3ccsc32)s1.c1cc2sccc2s1.c1ccccc1. The molecule has 148 valence electrons. The van der Waals surface area contributed by atoms with Crippen LogP contribution >= 0.6 is 57.6 Å². The molecule has 6 aromatic rings. The van der Waals surface area contributed by atoms with Gasteiger partial charge in [-0.15, -0.1) is 45.3 Å². The fourth-order valence-corrected chi connectivity index (χ4v) is 5.98. The first-order valence-electron chi connectivity index (χ1n) is 8.53. The van der Waals surface area contributed by atoms with Gasteiger partial charge in [-0.1, -0.05) is 36.4 Å². The van der Waals surface area contributed by atoms with E-state index in [0.29, 0.717) is 0 Å². The van der Waals surface area contributed by atoms with Gasteiger partial charge in [0.2, 0.25) is 0 Å². The van der Waals surface area contributed by atoms with Gasteiger partial charge in [0.05, 0.1) is 10.2 Å². The zero-order valence-corrected chi connectivity index (χ0v) is 19.4. The predicted octanol–water partition coefficient (Wildman–Crippen LogP) is 7.28. The summed E-state index contributed by atoms with van der Waals surface area (Å²) in [5.41, 5.74) is 10.5. The second-order valence-electron chi connectivity index (χ2n) is 5.58. The average Bonchev–Trinajstić information content (AvgIpc) is 3.48. The number of fused-ring (bicyclic) bond motifs is 4. The van der Waals surface area contributed by atoms with E-state index in [1.165, 1.54) is 29.8 Å². The Morgan fingerprint density at radius 3 is 1.72 bits per heavy atom. The third kappa shape index (κ3) is 6.38. The summed E-state index contributed by atoms with van der Waals surface area (Å²) >= 11 is 11.3. The maximum atomic E-state index is 4.62. The molecule has 5 heterocycles. The number of H-pyrrole nitrogens is 1. The summed E-state index contributed by atoms with van der Waals surface area (Å²) in [5.74, 6) is 0. The Labute approximate surface area is 190 Å². The monoisotopic (exact) mass is 473 g/mol. The van der Waals surface area contributed by atoms with Gasteiger partial charge >= 0.3 is 0 Å². The highest BCUT2D eigenvalue weighted by atomic mass is 32.1. The maximum absolute atomic E-state index is 4.62. The summed E-state index contributed by atoms with van der Waals surface area (Å²) in [6, 6.07) is 20.6. The molecule has 0 fully saturated rings. The first-order chi connectivity index (χ1) is 14.1. The predicted molar refractivity (Wildman–Crippen MR) is 139 cm³/mol. The van der Waals surface area contributed by atoms with Crippen LogP contribution in [-0.2, 0) is 0 Å². The molecule has 0 aliphatic carbocycles. The zero-order chi connectivity index (χ0) is 20.5. The van der Waals surface area contributed by atoms with E-state index in [0.717, 1.165) is 0 Å². The molecule has 8 heteroatoms. The van der Waals surface area contributed by atoms with Gasteiger partial charge in [0.15, 0.2) is 5.11 Å². The van der Waals surface area contributed by atoms with Crippen molar-refractivity contribution in [3.63, 3.8) is 0 Å². The molecule has 0 aliphatic rings. The summed E-state index contributed by atoms with van der Waals surface area (Å²) in [4.78, 5) is 4.66. The smallest absolute Gasteiger partial charge is 0.160 e. The van der Waals surface area contributed by atoms with Gasteiger partial charge in [-0.2, -0.15) is 0 Å². The van der Waals surface area contributed by atoms with Crippen molar-refractivity contribution >= 4 is 92.5 Å². The van der Waals surface area contributed by atoms with Crippen LogP contribution in [0.1, 0.15) is 0 Å². The van der Waals surface area contributed by atoms with Gasteiger partial charge in [0, 0.05) is 14.8 Å². The minimum atomic E-state index is 0.000000000000000222. The maximum Gasteiger partial charge on any atom is 0.160 e. The molecule has 0 unspecified atom stereocenters. The van der Waals surface area contributed by atoms with E-state index in [1.807, 2.05) is 36.4 Å². The normalized spacial score (nSPS) is 9.79. The molecule has 0 radical (unpaired) electrons. The van der Waals surface area contributed by atoms with E-state index in [9.17, 15) is 0 Å². The van der Waals surface area contributed by atoms with Crippen molar-refractivity contribution in [1.82, 2.24) is 4.98 Å². The number of benzene rings is 1. The van der Waals surface area contributed by atoms with Crippen LogP contribution in [0.4, 0.5) is 0 Å². The third-order valence-corrected chi connectivity index (χ3v) is 7.23. The molecule has 0 atom stereocenters. The molecule has 5 N–H and O–H groups in total. The molecule has 0 amide bonds. The summed E-state index contributed by atoms with van der Waals surface area (Å²) in [6.07, 6.45) is 0. The Bertz CT molecular complexity index is 1130. The minimum absolute atomic E-state index is 0.000000000000000222. The lowest BCUT2D eigenvalue weighted by Gasteiger charge is -1.71. The van der Waals surface area contributed by atoms with Crippen molar-refractivity contribution in [1.29, 1.82) is 0 Å². The molecule has 0 saturated heterocycles. The van der Waals surface area contributed by atoms with E-state index in [-0.39, 0.29) is 5.11 Å². The molecule has 6 rings (SSSR count). The number of nitrogens with two attached hydrogens (primary N) is 2. The molecule has 5 aromatic heterocycles. The van der Waals surface area contributed by atoms with Gasteiger partial charge in [-0.25, -0.2) is 0 Å². The van der Waals surface area contributed by atoms with E-state index in [4.69, 9.17) is 0 Å². The number of aromatic nitrogens is 1. The van der Waals surface area contributed by atoms with Crippen LogP contribution in [0, 0.1) is 0 Å². The molecule has 29 heavy (non-hydrogen) atoms. The van der Waals surface area contributed by atoms with Gasteiger partial charge in [-0.05, 0) is 58.0 Å². The standard InChI is InChI=1S/C8H5NS2.C6H4S2.C6H6.CH4N2S/c1-3-11-8-5(1)7-6(9-8)2-4-10-7;1-3-7-6-2-4-8-5(1)6;1-2-4-6-5-3-1;2-1(3)4/h1-4,9H;1-4H;1-6H;(H4,2,3,4). The van der Waals surface area contributed by atoms with Crippen LogP contribution in [0.25, 0.3) is 29.8 Å². The van der Waals surface area contributed by atoms with E-state index < -0.39 is 0 Å². The van der Waals surface area contributed by atoms with E-state index >= 15 is 0 Å². The summed E-state index contributed by atoms with van der Waals surface area (Å²) in [7, 11) is 0. The minimum Gasteiger partial charge on any atom is -0.377 e. The first kappa shape index (κ1) is 21.5. The van der Waals surface area contributed by atoms with Crippen molar-refractivity contribution in [2.45, 2.75) is 0 Å². The Morgan fingerprint density at radius 1 is 0.690 bits per heavy atom. The Balaban J connectivity index is 0.000000119. The lowest BCUT2D eigenvalue weighted by Crippen LogP contribution is -2.18. The number of aromatic amines is 1. The van der Waals surface area contributed by atoms with Crippen molar-refractivity contribution in [3.05, 3.63) is 82.2 Å². The molecule has 1 aromatic carbocycles. The van der Waals surface area contributed by atoms with Crippen LogP contribution < -0.4 is 11.5 Å². The van der Waals surface area contributed by atoms with Crippen molar-refractivity contribution in [3.8, 4) is 0 Å². The fourth-order valence-electron chi connectivity index (χ4n) is 2.41. The Morgan fingerprint density at radius 2 is 1.17 bits per heavy atom. The number of hydrogen-bond donors (Lipinski definition) is 3. The van der Waals surface area contributed by atoms with E-state index in [1.54, 1.807) is 45.3 Å². The number of thiophene rings is 4. The van der Waals surface area contributed by atoms with Crippen LogP contribution in [0.3, 0.4) is 0 Å². The molecule has 0 saturated carbocycles. The molecular formula is C21H19N3S5. The third-order valence-electron chi connectivity index (χ3n) is 3.56. The van der Waals surface area contributed by atoms with Gasteiger partial charge in [0.1, 0.15) is 4.83 Å². The second-order valence-corrected chi connectivity index (χ2v) is 9.78. The van der Waals surface area contributed by atoms with Gasteiger partial charge in [0.25, 0.3) is 0 Å². The number of nitrogens with one attached hydrogen (secondary N) is 1. The Hall–Kier alpha value is -2.23. The molecule has 0 spiro atoms. The van der Waals surface area contributed by atoms with Crippen molar-refractivity contribution in [2.24, 2.45) is 11.5 Å². The average molecular weight is 474 g/mol. The zero-order valence-electron chi connectivity index (χ0n) is 15.3. The summed E-state index contributed by atoms with van der Waals surface area (Å²) in [5, 5.41) is 9.88. The number of hydrogen-bond acceptors (Lipinski definition) is 5. The van der Waals surface area contributed by atoms with Crippen LogP contribution in [0.5, 0.6) is 0 Å². The lowest BCUT2D eigenvalue weighted by atomic mass is 10.4. The van der Waals surface area contributed by atoms with Gasteiger partial charge in [-0.3, -0.25) is 0 Å².